The minimum atomic E-state index is 0.201. The van der Waals surface area contributed by atoms with E-state index >= 15 is 0 Å². The van der Waals surface area contributed by atoms with Crippen LogP contribution in [0.2, 0.25) is 0 Å². The lowest BCUT2D eigenvalue weighted by molar-refractivity contribution is 0.0844. The summed E-state index contributed by atoms with van der Waals surface area (Å²) in [5.74, 6) is 6.01. The fraction of sp³-hybridized carbons (Fsp3) is 0.700. The quantitative estimate of drug-likeness (QED) is 0.520. The van der Waals surface area contributed by atoms with Gasteiger partial charge < -0.3 is 14.4 Å². The van der Waals surface area contributed by atoms with E-state index in [1.807, 2.05) is 25.8 Å². The van der Waals surface area contributed by atoms with Crippen LogP contribution >= 0.6 is 0 Å². The summed E-state index contributed by atoms with van der Waals surface area (Å²) in [5, 5.41) is 0. The largest absolute Gasteiger partial charge is 0.467 e. The Bertz CT molecular complexity index is 351. The molecular formula is C10H20N6O2. The van der Waals surface area contributed by atoms with E-state index < -0.39 is 0 Å². The third-order valence-corrected chi connectivity index (χ3v) is 2.13. The number of ether oxygens (including phenoxy) is 2. The molecule has 0 atom stereocenters. The van der Waals surface area contributed by atoms with E-state index in [1.54, 1.807) is 0 Å². The van der Waals surface area contributed by atoms with Gasteiger partial charge in [0.05, 0.1) is 19.8 Å². The monoisotopic (exact) mass is 256 g/mol. The maximum absolute atomic E-state index is 5.46. The molecule has 1 rings (SSSR count). The molecule has 18 heavy (non-hydrogen) atoms. The molecule has 0 unspecified atom stereocenters. The van der Waals surface area contributed by atoms with E-state index in [-0.39, 0.29) is 18.1 Å². The van der Waals surface area contributed by atoms with E-state index in [9.17, 15) is 0 Å². The highest BCUT2D eigenvalue weighted by atomic mass is 16.5. The van der Waals surface area contributed by atoms with Gasteiger partial charge in [0.1, 0.15) is 0 Å². The molecule has 0 aromatic carbocycles. The van der Waals surface area contributed by atoms with Gasteiger partial charge in [-0.2, -0.15) is 15.0 Å². The Morgan fingerprint density at radius 1 is 1.33 bits per heavy atom. The smallest absolute Gasteiger partial charge is 0.322 e. The average Bonchev–Trinajstić information content (AvgIpc) is 2.37. The Morgan fingerprint density at radius 2 is 2.06 bits per heavy atom. The summed E-state index contributed by atoms with van der Waals surface area (Å²) in [4.78, 5) is 14.0. The number of methoxy groups -OCH3 is 1. The molecule has 1 aromatic rings. The van der Waals surface area contributed by atoms with Crippen LogP contribution in [0.5, 0.6) is 6.01 Å². The molecule has 0 bridgehead atoms. The zero-order valence-corrected chi connectivity index (χ0v) is 11.2. The average molecular weight is 256 g/mol. The summed E-state index contributed by atoms with van der Waals surface area (Å²) in [7, 11) is 3.35. The molecule has 0 amide bonds. The normalized spacial score (nSPS) is 10.6. The van der Waals surface area contributed by atoms with Gasteiger partial charge >= 0.3 is 6.01 Å². The molecular weight excluding hydrogens is 236 g/mol. The molecule has 0 fully saturated rings. The number of hydrogen-bond donors (Lipinski definition) is 2. The highest BCUT2D eigenvalue weighted by Crippen LogP contribution is 2.12. The van der Waals surface area contributed by atoms with Gasteiger partial charge in [0, 0.05) is 13.6 Å². The van der Waals surface area contributed by atoms with Gasteiger partial charge in [-0.1, -0.05) is 0 Å². The summed E-state index contributed by atoms with van der Waals surface area (Å²) in [6.45, 7) is 5.23. The van der Waals surface area contributed by atoms with Gasteiger partial charge in [-0.25, -0.2) is 5.84 Å². The van der Waals surface area contributed by atoms with Crippen molar-refractivity contribution in [3.63, 3.8) is 0 Å². The van der Waals surface area contributed by atoms with Crippen molar-refractivity contribution in [3.8, 4) is 6.01 Å². The molecule has 0 radical (unpaired) electrons. The lowest BCUT2D eigenvalue weighted by Crippen LogP contribution is -2.26. The fourth-order valence-electron chi connectivity index (χ4n) is 1.20. The summed E-state index contributed by atoms with van der Waals surface area (Å²) in [6.07, 6.45) is 0.201. The predicted octanol–water partition coefficient (Wildman–Crippen LogP) is 0.0270. The van der Waals surface area contributed by atoms with Crippen molar-refractivity contribution in [1.29, 1.82) is 0 Å². The van der Waals surface area contributed by atoms with Crippen molar-refractivity contribution in [2.24, 2.45) is 5.84 Å². The Labute approximate surface area is 106 Å². The minimum Gasteiger partial charge on any atom is -0.467 e. The molecule has 3 N–H and O–H groups in total. The van der Waals surface area contributed by atoms with Crippen molar-refractivity contribution >= 4 is 11.9 Å². The summed E-state index contributed by atoms with van der Waals surface area (Å²) in [6, 6.07) is 0.213. The van der Waals surface area contributed by atoms with Crippen LogP contribution < -0.4 is 20.9 Å². The first kappa shape index (κ1) is 14.4. The van der Waals surface area contributed by atoms with Crippen LogP contribution in [0, 0.1) is 0 Å². The summed E-state index contributed by atoms with van der Waals surface area (Å²) < 4.78 is 10.4. The van der Waals surface area contributed by atoms with E-state index in [0.717, 1.165) is 0 Å². The van der Waals surface area contributed by atoms with E-state index in [4.69, 9.17) is 15.3 Å². The second kappa shape index (κ2) is 6.92. The maximum atomic E-state index is 5.46. The minimum absolute atomic E-state index is 0.201. The second-order valence-electron chi connectivity index (χ2n) is 3.93. The van der Waals surface area contributed by atoms with E-state index in [1.165, 1.54) is 7.11 Å². The topological polar surface area (TPSA) is 98.4 Å². The van der Waals surface area contributed by atoms with Gasteiger partial charge in [0.15, 0.2) is 0 Å². The molecule has 0 saturated heterocycles. The zero-order valence-electron chi connectivity index (χ0n) is 11.2. The number of nitrogens with two attached hydrogens (primary N) is 1. The molecule has 8 heteroatoms. The van der Waals surface area contributed by atoms with Crippen molar-refractivity contribution in [2.45, 2.75) is 20.0 Å². The Kier molecular flexibility index (Phi) is 5.53. The van der Waals surface area contributed by atoms with Crippen LogP contribution in [0.1, 0.15) is 13.8 Å². The van der Waals surface area contributed by atoms with Crippen LogP contribution in [0.4, 0.5) is 11.9 Å². The second-order valence-corrected chi connectivity index (χ2v) is 3.93. The lowest BCUT2D eigenvalue weighted by atomic mass is 10.5. The van der Waals surface area contributed by atoms with Crippen molar-refractivity contribution in [3.05, 3.63) is 0 Å². The first-order valence-electron chi connectivity index (χ1n) is 5.66. The first-order valence-corrected chi connectivity index (χ1v) is 5.66. The third kappa shape index (κ3) is 4.30. The maximum Gasteiger partial charge on any atom is 0.322 e. The molecule has 0 aliphatic carbocycles. The molecule has 0 saturated carbocycles. The lowest BCUT2D eigenvalue weighted by Gasteiger charge is -2.18. The van der Waals surface area contributed by atoms with Crippen molar-refractivity contribution in [2.75, 3.05) is 37.6 Å². The number of hydrogen-bond acceptors (Lipinski definition) is 8. The van der Waals surface area contributed by atoms with E-state index in [0.29, 0.717) is 19.1 Å². The highest BCUT2D eigenvalue weighted by Gasteiger charge is 2.10. The van der Waals surface area contributed by atoms with Crippen LogP contribution in [-0.2, 0) is 4.74 Å². The third-order valence-electron chi connectivity index (χ3n) is 2.13. The number of nitrogens with one attached hydrogen (secondary N) is 1. The van der Waals surface area contributed by atoms with Crippen LogP contribution in [-0.4, -0.2) is 48.4 Å². The summed E-state index contributed by atoms with van der Waals surface area (Å²) in [5.41, 5.74) is 2.37. The molecule has 1 aromatic heterocycles. The zero-order chi connectivity index (χ0) is 13.5. The number of likely N-dealkylation sites (N-methyl/N-ethyl adjacent to an activating group) is 1. The highest BCUT2D eigenvalue weighted by molar-refractivity contribution is 5.36. The Balaban J connectivity index is 2.68. The Hall–Kier alpha value is -1.67. The number of aromatic nitrogens is 3. The van der Waals surface area contributed by atoms with Gasteiger partial charge in [-0.05, 0) is 13.8 Å². The Morgan fingerprint density at radius 3 is 2.61 bits per heavy atom. The van der Waals surface area contributed by atoms with Gasteiger partial charge in [-0.15, -0.1) is 0 Å². The van der Waals surface area contributed by atoms with Crippen molar-refractivity contribution in [1.82, 2.24) is 15.0 Å². The van der Waals surface area contributed by atoms with E-state index in [2.05, 4.69) is 20.4 Å². The van der Waals surface area contributed by atoms with Gasteiger partial charge in [-0.3, -0.25) is 5.43 Å². The number of anilines is 2. The number of rotatable bonds is 7. The summed E-state index contributed by atoms with van der Waals surface area (Å²) >= 11 is 0. The molecule has 1 heterocycles. The van der Waals surface area contributed by atoms with Crippen molar-refractivity contribution < 1.29 is 9.47 Å². The molecule has 8 nitrogen and oxygen atoms in total. The van der Waals surface area contributed by atoms with Gasteiger partial charge in [0.2, 0.25) is 11.9 Å². The predicted molar refractivity (Wildman–Crippen MR) is 68.5 cm³/mol. The number of nitrogen functional groups attached to an aromatic ring is 1. The first-order chi connectivity index (χ1) is 8.56. The van der Waals surface area contributed by atoms with Crippen LogP contribution in [0.25, 0.3) is 0 Å². The number of nitrogens with zero attached hydrogens (tertiary/aromatic N) is 4. The fourth-order valence-corrected chi connectivity index (χ4v) is 1.20. The standard InChI is InChI=1S/C10H20N6O2/c1-7(2)18-6-5-16(3)9-12-8(15-11)13-10(14-9)17-4/h7H,5-6,11H2,1-4H3,(H,12,13,14,15). The number of hydrazine groups is 1. The molecule has 0 spiro atoms. The van der Waals surface area contributed by atoms with Crippen LogP contribution in [0.15, 0.2) is 0 Å². The molecule has 0 aliphatic heterocycles. The van der Waals surface area contributed by atoms with Gasteiger partial charge in [0.25, 0.3) is 0 Å². The van der Waals surface area contributed by atoms with Crippen LogP contribution in [0.3, 0.4) is 0 Å². The molecule has 0 aliphatic rings. The molecule has 102 valence electrons. The SMILES string of the molecule is COc1nc(NN)nc(N(C)CCOC(C)C)n1.